The SMILES string of the molecule is O=C(Cc1ccccc1)NCC(=O)Nc1ccc(Oc2ccc(Br)cc2)cc1. The van der Waals surface area contributed by atoms with Gasteiger partial charge in [-0.1, -0.05) is 46.3 Å². The van der Waals surface area contributed by atoms with E-state index in [9.17, 15) is 9.59 Å². The summed E-state index contributed by atoms with van der Waals surface area (Å²) in [5.41, 5.74) is 1.53. The molecule has 2 N–H and O–H groups in total. The second kappa shape index (κ2) is 9.71. The van der Waals surface area contributed by atoms with Gasteiger partial charge >= 0.3 is 0 Å². The zero-order chi connectivity index (χ0) is 19.8. The second-order valence-corrected chi connectivity index (χ2v) is 6.98. The number of benzene rings is 3. The van der Waals surface area contributed by atoms with Crippen molar-refractivity contribution in [3.63, 3.8) is 0 Å². The summed E-state index contributed by atoms with van der Waals surface area (Å²) < 4.78 is 6.72. The minimum absolute atomic E-state index is 0.0805. The molecule has 0 saturated carbocycles. The first-order valence-electron chi connectivity index (χ1n) is 8.72. The van der Waals surface area contributed by atoms with Gasteiger partial charge in [0.2, 0.25) is 11.8 Å². The van der Waals surface area contributed by atoms with Gasteiger partial charge in [0.05, 0.1) is 13.0 Å². The Kier molecular flexibility index (Phi) is 6.81. The average molecular weight is 439 g/mol. The van der Waals surface area contributed by atoms with Gasteiger partial charge in [-0.2, -0.15) is 0 Å². The molecule has 142 valence electrons. The molecule has 0 bridgehead atoms. The van der Waals surface area contributed by atoms with Gasteiger partial charge in [0.25, 0.3) is 0 Å². The smallest absolute Gasteiger partial charge is 0.243 e. The normalized spacial score (nSPS) is 10.2. The summed E-state index contributed by atoms with van der Waals surface area (Å²) in [5.74, 6) is 0.903. The predicted octanol–water partition coefficient (Wildman–Crippen LogP) is 4.54. The van der Waals surface area contributed by atoms with Gasteiger partial charge < -0.3 is 15.4 Å². The highest BCUT2D eigenvalue weighted by atomic mass is 79.9. The number of hydrogen-bond acceptors (Lipinski definition) is 3. The van der Waals surface area contributed by atoms with Gasteiger partial charge in [0.1, 0.15) is 11.5 Å². The predicted molar refractivity (Wildman–Crippen MR) is 112 cm³/mol. The number of rotatable bonds is 7. The molecule has 6 heteroatoms. The Labute approximate surface area is 171 Å². The number of carbonyl (C=O) groups excluding carboxylic acids is 2. The maximum absolute atomic E-state index is 12.0. The Morgan fingerprint density at radius 3 is 2.04 bits per heavy atom. The Morgan fingerprint density at radius 1 is 0.786 bits per heavy atom. The van der Waals surface area contributed by atoms with Crippen LogP contribution in [0.2, 0.25) is 0 Å². The lowest BCUT2D eigenvalue weighted by molar-refractivity contribution is -0.123. The maximum Gasteiger partial charge on any atom is 0.243 e. The first-order valence-corrected chi connectivity index (χ1v) is 9.52. The van der Waals surface area contributed by atoms with E-state index in [1.165, 1.54) is 0 Å². The molecule has 0 atom stereocenters. The lowest BCUT2D eigenvalue weighted by Gasteiger charge is -2.09. The third kappa shape index (κ3) is 6.25. The van der Waals surface area contributed by atoms with Gasteiger partial charge in [0, 0.05) is 10.2 Å². The Bertz CT molecular complexity index is 926. The molecule has 5 nitrogen and oxygen atoms in total. The van der Waals surface area contributed by atoms with E-state index >= 15 is 0 Å². The van der Waals surface area contributed by atoms with E-state index in [1.807, 2.05) is 54.6 Å². The summed E-state index contributed by atoms with van der Waals surface area (Å²) in [4.78, 5) is 23.9. The van der Waals surface area contributed by atoms with Crippen LogP contribution in [-0.4, -0.2) is 18.4 Å². The molecule has 2 amide bonds. The van der Waals surface area contributed by atoms with Crippen molar-refractivity contribution in [1.29, 1.82) is 0 Å². The number of carbonyl (C=O) groups is 2. The number of nitrogens with one attached hydrogen (secondary N) is 2. The molecule has 0 heterocycles. The van der Waals surface area contributed by atoms with Crippen LogP contribution in [0, 0.1) is 0 Å². The molecule has 3 aromatic carbocycles. The standard InChI is InChI=1S/C22H19BrN2O3/c23-17-6-10-19(11-7-17)28-20-12-8-18(9-13-20)25-22(27)15-24-21(26)14-16-4-2-1-3-5-16/h1-13H,14-15H2,(H,24,26)(H,25,27). The van der Waals surface area contributed by atoms with Crippen molar-refractivity contribution in [2.45, 2.75) is 6.42 Å². The quantitative estimate of drug-likeness (QED) is 0.568. The van der Waals surface area contributed by atoms with E-state index < -0.39 is 0 Å². The number of halogens is 1. The molecule has 3 rings (SSSR count). The van der Waals surface area contributed by atoms with Crippen LogP contribution in [0.5, 0.6) is 11.5 Å². The van der Waals surface area contributed by atoms with Crippen molar-refractivity contribution in [2.75, 3.05) is 11.9 Å². The van der Waals surface area contributed by atoms with Crippen molar-refractivity contribution in [2.24, 2.45) is 0 Å². The summed E-state index contributed by atoms with van der Waals surface area (Å²) in [5, 5.41) is 5.36. The topological polar surface area (TPSA) is 67.4 Å². The van der Waals surface area contributed by atoms with Crippen molar-refractivity contribution in [3.8, 4) is 11.5 Å². The van der Waals surface area contributed by atoms with Gasteiger partial charge in [-0.3, -0.25) is 9.59 Å². The lowest BCUT2D eigenvalue weighted by atomic mass is 10.1. The van der Waals surface area contributed by atoms with Gasteiger partial charge in [-0.15, -0.1) is 0 Å². The molecule has 0 fully saturated rings. The summed E-state index contributed by atoms with van der Waals surface area (Å²) in [6, 6.07) is 23.9. The van der Waals surface area contributed by atoms with Gasteiger partial charge in [-0.25, -0.2) is 0 Å². The molecule has 0 aromatic heterocycles. The maximum atomic E-state index is 12.0. The summed E-state index contributed by atoms with van der Waals surface area (Å²) >= 11 is 3.38. The van der Waals surface area contributed by atoms with E-state index in [2.05, 4.69) is 26.6 Å². The zero-order valence-corrected chi connectivity index (χ0v) is 16.6. The van der Waals surface area contributed by atoms with E-state index in [0.717, 1.165) is 15.8 Å². The van der Waals surface area contributed by atoms with Crippen molar-refractivity contribution in [3.05, 3.63) is 88.9 Å². The molecule has 0 radical (unpaired) electrons. The van der Waals surface area contributed by atoms with E-state index in [1.54, 1.807) is 24.3 Å². The fourth-order valence-electron chi connectivity index (χ4n) is 2.47. The molecular weight excluding hydrogens is 420 g/mol. The fourth-order valence-corrected chi connectivity index (χ4v) is 2.74. The molecular formula is C22H19BrN2O3. The third-order valence-corrected chi connectivity index (χ3v) is 4.37. The number of ether oxygens (including phenoxy) is 1. The molecule has 0 saturated heterocycles. The van der Waals surface area contributed by atoms with Crippen LogP contribution in [0.4, 0.5) is 5.69 Å². The minimum atomic E-state index is -0.289. The lowest BCUT2D eigenvalue weighted by Crippen LogP contribution is -2.33. The van der Waals surface area contributed by atoms with Crippen LogP contribution in [0.3, 0.4) is 0 Å². The molecule has 0 unspecified atom stereocenters. The highest BCUT2D eigenvalue weighted by molar-refractivity contribution is 9.10. The zero-order valence-electron chi connectivity index (χ0n) is 15.0. The Balaban J connectivity index is 1.45. The third-order valence-electron chi connectivity index (χ3n) is 3.84. The van der Waals surface area contributed by atoms with Crippen LogP contribution < -0.4 is 15.4 Å². The molecule has 3 aromatic rings. The first kappa shape index (κ1) is 19.6. The molecule has 0 aliphatic heterocycles. The number of hydrogen-bond donors (Lipinski definition) is 2. The molecule has 0 aliphatic carbocycles. The van der Waals surface area contributed by atoms with Crippen LogP contribution in [0.1, 0.15) is 5.56 Å². The summed E-state index contributed by atoms with van der Waals surface area (Å²) in [7, 11) is 0. The van der Waals surface area contributed by atoms with Crippen molar-refractivity contribution < 1.29 is 14.3 Å². The van der Waals surface area contributed by atoms with Crippen LogP contribution in [-0.2, 0) is 16.0 Å². The fraction of sp³-hybridized carbons (Fsp3) is 0.0909. The van der Waals surface area contributed by atoms with Crippen LogP contribution in [0.15, 0.2) is 83.3 Å². The molecule has 28 heavy (non-hydrogen) atoms. The largest absolute Gasteiger partial charge is 0.457 e. The van der Waals surface area contributed by atoms with E-state index in [-0.39, 0.29) is 24.8 Å². The summed E-state index contributed by atoms with van der Waals surface area (Å²) in [6.07, 6.45) is 0.246. The number of amides is 2. The van der Waals surface area contributed by atoms with Crippen molar-refractivity contribution >= 4 is 33.4 Å². The summed E-state index contributed by atoms with van der Waals surface area (Å²) in [6.45, 7) is -0.0805. The number of anilines is 1. The molecule has 0 aliphatic rings. The Morgan fingerprint density at radius 2 is 1.39 bits per heavy atom. The first-order chi connectivity index (χ1) is 13.6. The second-order valence-electron chi connectivity index (χ2n) is 6.07. The van der Waals surface area contributed by atoms with Crippen LogP contribution in [0.25, 0.3) is 0 Å². The molecule has 0 spiro atoms. The van der Waals surface area contributed by atoms with Gasteiger partial charge in [0.15, 0.2) is 0 Å². The van der Waals surface area contributed by atoms with Gasteiger partial charge in [-0.05, 0) is 54.1 Å². The Hall–Kier alpha value is -3.12. The minimum Gasteiger partial charge on any atom is -0.457 e. The average Bonchev–Trinajstić information content (AvgIpc) is 2.70. The van der Waals surface area contributed by atoms with Crippen LogP contribution >= 0.6 is 15.9 Å². The highest BCUT2D eigenvalue weighted by Gasteiger charge is 2.07. The highest BCUT2D eigenvalue weighted by Crippen LogP contribution is 2.24. The van der Waals surface area contributed by atoms with Crippen molar-refractivity contribution in [1.82, 2.24) is 5.32 Å². The van der Waals surface area contributed by atoms with E-state index in [0.29, 0.717) is 11.4 Å². The van der Waals surface area contributed by atoms with E-state index in [4.69, 9.17) is 4.74 Å². The monoisotopic (exact) mass is 438 g/mol.